The zero-order valence-electron chi connectivity index (χ0n) is 18.4. The number of anilines is 1. The fourth-order valence-corrected chi connectivity index (χ4v) is 5.26. The van der Waals surface area contributed by atoms with Gasteiger partial charge in [-0.3, -0.25) is 10.8 Å². The van der Waals surface area contributed by atoms with Gasteiger partial charge in [0.2, 0.25) is 0 Å². The predicted octanol–water partition coefficient (Wildman–Crippen LogP) is 4.97. The molecular formula is C23H32N4O2S. The zero-order chi connectivity index (χ0) is 21.8. The molecule has 1 aliphatic heterocycles. The lowest BCUT2D eigenvalue weighted by Crippen LogP contribution is -2.30. The Balaban J connectivity index is 1.95. The van der Waals surface area contributed by atoms with Crippen molar-refractivity contribution in [2.45, 2.75) is 62.9 Å². The summed E-state index contributed by atoms with van der Waals surface area (Å²) >= 11 is 1.86. The van der Waals surface area contributed by atoms with Crippen molar-refractivity contribution < 1.29 is 9.47 Å². The summed E-state index contributed by atoms with van der Waals surface area (Å²) < 4.78 is 11.6. The topological polar surface area (TPSA) is 81.4 Å². The van der Waals surface area contributed by atoms with E-state index in [4.69, 9.17) is 15.3 Å². The molecule has 3 atom stereocenters. The van der Waals surface area contributed by atoms with Gasteiger partial charge in [0.15, 0.2) is 0 Å². The van der Waals surface area contributed by atoms with Gasteiger partial charge >= 0.3 is 0 Å². The number of hydrogen-bond acceptors (Lipinski definition) is 7. The summed E-state index contributed by atoms with van der Waals surface area (Å²) in [5, 5.41) is 4.94. The van der Waals surface area contributed by atoms with E-state index < -0.39 is 0 Å². The average molecular weight is 429 g/mol. The van der Waals surface area contributed by atoms with E-state index in [1.165, 1.54) is 0 Å². The van der Waals surface area contributed by atoms with Crippen LogP contribution in [-0.4, -0.2) is 29.6 Å². The van der Waals surface area contributed by atoms with Crippen molar-refractivity contribution in [3.63, 3.8) is 0 Å². The maximum absolute atomic E-state index is 5.90. The maximum Gasteiger partial charge on any atom is 0.134 e. The number of pyridine rings is 1. The standard InChI is InChI=1S/C23H32N4O2S/c1-13-9-18(10-14(2)29-13)30-23-11-19-20(26-16(4)15(3)17(5)27-24)7-8-25-21(19)12-22(23)28-6/h7-8,11-14,18,27H,4,9-10,24H2,1-3,5-6H3,(H,25,26)/b17-15-/t13-,14+,18?. The van der Waals surface area contributed by atoms with E-state index in [1.54, 1.807) is 13.3 Å². The summed E-state index contributed by atoms with van der Waals surface area (Å²) in [5.74, 6) is 6.39. The summed E-state index contributed by atoms with van der Waals surface area (Å²) in [7, 11) is 1.71. The minimum Gasteiger partial charge on any atom is -0.496 e. The van der Waals surface area contributed by atoms with Gasteiger partial charge in [0.1, 0.15) is 5.75 Å². The largest absolute Gasteiger partial charge is 0.496 e. The van der Waals surface area contributed by atoms with E-state index >= 15 is 0 Å². The Labute approximate surface area is 183 Å². The van der Waals surface area contributed by atoms with Crippen LogP contribution in [0.15, 0.2) is 52.8 Å². The lowest BCUT2D eigenvalue weighted by atomic mass is 10.1. The van der Waals surface area contributed by atoms with Crippen molar-refractivity contribution in [3.05, 3.63) is 47.9 Å². The van der Waals surface area contributed by atoms with E-state index in [1.807, 2.05) is 37.7 Å². The number of hydrogen-bond donors (Lipinski definition) is 3. The van der Waals surface area contributed by atoms with Crippen LogP contribution < -0.4 is 21.3 Å². The minimum absolute atomic E-state index is 0.272. The molecule has 0 aliphatic carbocycles. The lowest BCUT2D eigenvalue weighted by Gasteiger charge is -2.32. The van der Waals surface area contributed by atoms with Gasteiger partial charge in [-0.1, -0.05) is 6.58 Å². The van der Waals surface area contributed by atoms with Crippen LogP contribution in [0.5, 0.6) is 5.75 Å². The molecule has 0 radical (unpaired) electrons. The van der Waals surface area contributed by atoms with Crippen molar-refractivity contribution in [3.8, 4) is 5.75 Å². The smallest absolute Gasteiger partial charge is 0.134 e. The number of aromatic nitrogens is 1. The van der Waals surface area contributed by atoms with Crippen LogP contribution in [0.3, 0.4) is 0 Å². The molecule has 1 unspecified atom stereocenters. The van der Waals surface area contributed by atoms with Crippen molar-refractivity contribution in [1.82, 2.24) is 10.4 Å². The third kappa shape index (κ3) is 5.09. The number of allylic oxidation sites excluding steroid dienone is 2. The number of fused-ring (bicyclic) bond motifs is 1. The van der Waals surface area contributed by atoms with Crippen LogP contribution in [-0.2, 0) is 4.74 Å². The Morgan fingerprint density at radius 2 is 1.97 bits per heavy atom. The van der Waals surface area contributed by atoms with Crippen molar-refractivity contribution >= 4 is 28.4 Å². The predicted molar refractivity (Wildman–Crippen MR) is 126 cm³/mol. The molecule has 0 spiro atoms. The fraction of sp³-hybridized carbons (Fsp3) is 0.435. The molecular weight excluding hydrogens is 396 g/mol. The summed E-state index contributed by atoms with van der Waals surface area (Å²) in [5.41, 5.74) is 7.13. The first-order valence-corrected chi connectivity index (χ1v) is 11.1. The van der Waals surface area contributed by atoms with Crippen molar-refractivity contribution in [1.29, 1.82) is 0 Å². The molecule has 6 nitrogen and oxygen atoms in total. The van der Waals surface area contributed by atoms with E-state index in [9.17, 15) is 0 Å². The highest BCUT2D eigenvalue weighted by Gasteiger charge is 2.26. The van der Waals surface area contributed by atoms with E-state index in [2.05, 4.69) is 42.2 Å². The Bertz CT molecular complexity index is 950. The molecule has 162 valence electrons. The molecule has 1 aromatic heterocycles. The Morgan fingerprint density at radius 1 is 1.27 bits per heavy atom. The van der Waals surface area contributed by atoms with E-state index in [-0.39, 0.29) is 12.2 Å². The zero-order valence-corrected chi connectivity index (χ0v) is 19.2. The number of hydrazine groups is 1. The Kier molecular flexibility index (Phi) is 7.28. The molecule has 0 saturated carbocycles. The third-order valence-corrected chi connectivity index (χ3v) is 6.78. The Hall–Kier alpha value is -2.22. The third-order valence-electron chi connectivity index (χ3n) is 5.49. The van der Waals surface area contributed by atoms with Gasteiger partial charge in [-0.2, -0.15) is 0 Å². The van der Waals surface area contributed by atoms with Crippen LogP contribution in [0.1, 0.15) is 40.5 Å². The van der Waals surface area contributed by atoms with Crippen LogP contribution in [0.25, 0.3) is 10.9 Å². The second-order valence-electron chi connectivity index (χ2n) is 7.85. The number of nitrogens with zero attached hydrogens (tertiary/aromatic N) is 1. The molecule has 1 fully saturated rings. The van der Waals surface area contributed by atoms with Gasteiger partial charge in [-0.25, -0.2) is 0 Å². The highest BCUT2D eigenvalue weighted by molar-refractivity contribution is 8.00. The number of nitrogens with two attached hydrogens (primary N) is 1. The van der Waals surface area contributed by atoms with Gasteiger partial charge in [0, 0.05) is 40.0 Å². The molecule has 7 heteroatoms. The molecule has 1 aliphatic rings. The first-order chi connectivity index (χ1) is 14.3. The number of thioether (sulfide) groups is 1. The lowest BCUT2D eigenvalue weighted by molar-refractivity contribution is -0.0265. The van der Waals surface area contributed by atoms with E-state index in [0.717, 1.165) is 57.0 Å². The van der Waals surface area contributed by atoms with Crippen LogP contribution >= 0.6 is 11.8 Å². The molecule has 3 rings (SSSR count). The summed E-state index contributed by atoms with van der Waals surface area (Å²) in [6.45, 7) is 12.4. The fourth-order valence-electron chi connectivity index (χ4n) is 3.73. The quantitative estimate of drug-likeness (QED) is 0.326. The maximum atomic E-state index is 5.90. The van der Waals surface area contributed by atoms with Gasteiger partial charge in [-0.15, -0.1) is 11.8 Å². The average Bonchev–Trinajstić information content (AvgIpc) is 2.71. The molecule has 0 amide bonds. The van der Waals surface area contributed by atoms with Gasteiger partial charge in [0.05, 0.1) is 29.7 Å². The number of benzene rings is 1. The number of nitrogens with one attached hydrogen (secondary N) is 2. The van der Waals surface area contributed by atoms with Gasteiger partial charge in [-0.05, 0) is 58.2 Å². The molecule has 2 heterocycles. The number of rotatable bonds is 7. The van der Waals surface area contributed by atoms with Crippen molar-refractivity contribution in [2.24, 2.45) is 5.84 Å². The second-order valence-corrected chi connectivity index (χ2v) is 9.19. The monoisotopic (exact) mass is 428 g/mol. The molecule has 30 heavy (non-hydrogen) atoms. The highest BCUT2D eigenvalue weighted by atomic mass is 32.2. The minimum atomic E-state index is 0.272. The number of methoxy groups -OCH3 is 1. The van der Waals surface area contributed by atoms with Crippen molar-refractivity contribution in [2.75, 3.05) is 12.4 Å². The first-order valence-electron chi connectivity index (χ1n) is 10.2. The van der Waals surface area contributed by atoms with Gasteiger partial charge in [0.25, 0.3) is 0 Å². The SMILES string of the molecule is C=C(Nc1ccnc2cc(OC)c(SC3C[C@@H](C)O[C@@H](C)C3)cc12)/C(C)=C(/C)NN. The first kappa shape index (κ1) is 22.5. The molecule has 0 bridgehead atoms. The normalized spacial score (nSPS) is 22.4. The molecule has 2 aromatic rings. The van der Waals surface area contributed by atoms with Crippen LogP contribution in [0, 0.1) is 0 Å². The van der Waals surface area contributed by atoms with Crippen LogP contribution in [0.2, 0.25) is 0 Å². The molecule has 1 aromatic carbocycles. The highest BCUT2D eigenvalue weighted by Crippen LogP contribution is 2.41. The van der Waals surface area contributed by atoms with E-state index in [0.29, 0.717) is 5.25 Å². The summed E-state index contributed by atoms with van der Waals surface area (Å²) in [6.07, 6.45) is 4.39. The van der Waals surface area contributed by atoms with Crippen LogP contribution in [0.4, 0.5) is 5.69 Å². The molecule has 1 saturated heterocycles. The number of ether oxygens (including phenoxy) is 2. The Morgan fingerprint density at radius 3 is 2.60 bits per heavy atom. The summed E-state index contributed by atoms with van der Waals surface area (Å²) in [6, 6.07) is 6.14. The second kappa shape index (κ2) is 9.73. The summed E-state index contributed by atoms with van der Waals surface area (Å²) in [4.78, 5) is 5.66. The molecule has 4 N–H and O–H groups in total. The van der Waals surface area contributed by atoms with Gasteiger partial charge < -0.3 is 20.2 Å².